The lowest BCUT2D eigenvalue weighted by Crippen LogP contribution is -2.25. The van der Waals surface area contributed by atoms with E-state index in [-0.39, 0.29) is 0 Å². The highest BCUT2D eigenvalue weighted by Gasteiger charge is 2.14. The summed E-state index contributed by atoms with van der Waals surface area (Å²) in [6.07, 6.45) is 7.20. The van der Waals surface area contributed by atoms with Gasteiger partial charge >= 0.3 is 0 Å². The summed E-state index contributed by atoms with van der Waals surface area (Å²) in [5.41, 5.74) is 2.18. The molecule has 3 rings (SSSR count). The second kappa shape index (κ2) is 6.09. The van der Waals surface area contributed by atoms with Gasteiger partial charge in [-0.2, -0.15) is 0 Å². The molecule has 2 aromatic rings. The molecule has 0 radical (unpaired) electrons. The predicted octanol–water partition coefficient (Wildman–Crippen LogP) is 3.12. The second-order valence-corrected chi connectivity index (χ2v) is 5.33. The van der Waals surface area contributed by atoms with E-state index in [0.29, 0.717) is 6.04 Å². The molecule has 0 saturated heterocycles. The summed E-state index contributed by atoms with van der Waals surface area (Å²) in [6, 6.07) is 8.69. The molecule has 0 spiro atoms. The predicted molar refractivity (Wildman–Crippen MR) is 79.7 cm³/mol. The largest absolute Gasteiger partial charge is 0.497 e. The number of aromatic nitrogens is 2. The Morgan fingerprint density at radius 3 is 2.70 bits per heavy atom. The smallest absolute Gasteiger partial charge is 0.120 e. The molecule has 0 unspecified atom stereocenters. The maximum atomic E-state index is 5.17. The van der Waals surface area contributed by atoms with Crippen LogP contribution in [0.15, 0.2) is 30.5 Å². The van der Waals surface area contributed by atoms with E-state index in [4.69, 9.17) is 4.74 Å². The lowest BCUT2D eigenvalue weighted by atomic mass is 10.2. The number of hydrogen-bond donors (Lipinski definition) is 2. The molecule has 4 nitrogen and oxygen atoms in total. The van der Waals surface area contributed by atoms with Crippen LogP contribution in [0.2, 0.25) is 0 Å². The van der Waals surface area contributed by atoms with E-state index < -0.39 is 0 Å². The van der Waals surface area contributed by atoms with Gasteiger partial charge in [0, 0.05) is 6.04 Å². The molecule has 106 valence electrons. The van der Waals surface area contributed by atoms with Crippen LogP contribution in [0.1, 0.15) is 31.5 Å². The molecule has 1 saturated carbocycles. The average Bonchev–Trinajstić information content (AvgIpc) is 3.17. The van der Waals surface area contributed by atoms with E-state index in [1.54, 1.807) is 7.11 Å². The quantitative estimate of drug-likeness (QED) is 0.878. The summed E-state index contributed by atoms with van der Waals surface area (Å²) in [7, 11) is 1.68. The second-order valence-electron chi connectivity index (χ2n) is 5.33. The number of H-pyrrole nitrogens is 1. The number of hydrogen-bond acceptors (Lipinski definition) is 3. The number of benzene rings is 1. The number of rotatable bonds is 5. The first-order valence-electron chi connectivity index (χ1n) is 7.27. The number of methoxy groups -OCH3 is 1. The monoisotopic (exact) mass is 271 g/mol. The van der Waals surface area contributed by atoms with Crippen molar-refractivity contribution in [1.29, 1.82) is 0 Å². The lowest BCUT2D eigenvalue weighted by Gasteiger charge is -2.09. The number of ether oxygens (including phenoxy) is 1. The van der Waals surface area contributed by atoms with E-state index in [1.165, 1.54) is 25.7 Å². The fourth-order valence-electron chi connectivity index (χ4n) is 2.74. The van der Waals surface area contributed by atoms with Crippen molar-refractivity contribution < 1.29 is 4.74 Å². The van der Waals surface area contributed by atoms with Crippen LogP contribution in [0.5, 0.6) is 5.75 Å². The number of imidazole rings is 1. The van der Waals surface area contributed by atoms with E-state index in [0.717, 1.165) is 29.4 Å². The van der Waals surface area contributed by atoms with Crippen molar-refractivity contribution in [2.75, 3.05) is 7.11 Å². The molecule has 4 heteroatoms. The molecule has 1 aromatic heterocycles. The molecule has 1 aliphatic rings. The van der Waals surface area contributed by atoms with Gasteiger partial charge in [0.25, 0.3) is 0 Å². The van der Waals surface area contributed by atoms with Gasteiger partial charge in [-0.05, 0) is 42.7 Å². The van der Waals surface area contributed by atoms with Crippen LogP contribution in [0.4, 0.5) is 0 Å². The van der Waals surface area contributed by atoms with Gasteiger partial charge in [-0.25, -0.2) is 4.98 Å². The molecule has 1 aromatic carbocycles. The summed E-state index contributed by atoms with van der Waals surface area (Å²) in [5.74, 6) is 1.87. The zero-order chi connectivity index (χ0) is 13.8. The molecule has 20 heavy (non-hydrogen) atoms. The Morgan fingerprint density at radius 2 is 2.00 bits per heavy atom. The highest BCUT2D eigenvalue weighted by atomic mass is 16.5. The maximum Gasteiger partial charge on any atom is 0.120 e. The number of nitrogens with zero attached hydrogens (tertiary/aromatic N) is 1. The van der Waals surface area contributed by atoms with Crippen molar-refractivity contribution in [2.24, 2.45) is 0 Å². The first kappa shape index (κ1) is 13.2. The third-order valence-electron chi connectivity index (χ3n) is 3.94. The van der Waals surface area contributed by atoms with Crippen molar-refractivity contribution in [3.05, 3.63) is 36.3 Å². The van der Waals surface area contributed by atoms with Crippen molar-refractivity contribution in [1.82, 2.24) is 15.3 Å². The molecule has 0 amide bonds. The molecule has 0 atom stereocenters. The van der Waals surface area contributed by atoms with Crippen molar-refractivity contribution in [2.45, 2.75) is 38.3 Å². The molecule has 1 aliphatic carbocycles. The van der Waals surface area contributed by atoms with Gasteiger partial charge in [0.2, 0.25) is 0 Å². The third-order valence-corrected chi connectivity index (χ3v) is 3.94. The summed E-state index contributed by atoms with van der Waals surface area (Å²) in [5, 5.41) is 3.57. The van der Waals surface area contributed by atoms with Gasteiger partial charge in [-0.3, -0.25) is 0 Å². The molecule has 0 aliphatic heterocycles. The van der Waals surface area contributed by atoms with Gasteiger partial charge in [-0.15, -0.1) is 0 Å². The fraction of sp³-hybridized carbons (Fsp3) is 0.438. The van der Waals surface area contributed by atoms with Crippen molar-refractivity contribution in [3.8, 4) is 17.0 Å². The Bertz CT molecular complexity index is 541. The minimum absolute atomic E-state index is 0.671. The van der Waals surface area contributed by atoms with Gasteiger partial charge in [0.05, 0.1) is 25.5 Å². The minimum atomic E-state index is 0.671. The number of nitrogens with one attached hydrogen (secondary N) is 2. The topological polar surface area (TPSA) is 49.9 Å². The molecule has 2 N–H and O–H groups in total. The third kappa shape index (κ3) is 3.02. The Morgan fingerprint density at radius 1 is 1.25 bits per heavy atom. The standard InChI is InChI=1S/C16H21N3O/c1-20-14-8-6-12(7-9-14)15-10-18-16(19-15)11-17-13-4-2-3-5-13/h6-10,13,17H,2-5,11H2,1H3,(H,18,19). The number of aromatic amines is 1. The van der Waals surface area contributed by atoms with E-state index in [1.807, 2.05) is 30.5 Å². The van der Waals surface area contributed by atoms with Crippen LogP contribution in [0.3, 0.4) is 0 Å². The highest BCUT2D eigenvalue weighted by Crippen LogP contribution is 2.21. The SMILES string of the molecule is COc1ccc(-c2cnc(CNC3CCCC3)[nH]2)cc1. The fourth-order valence-corrected chi connectivity index (χ4v) is 2.74. The molecular formula is C16H21N3O. The van der Waals surface area contributed by atoms with Gasteiger partial charge in [0.1, 0.15) is 11.6 Å². The molecule has 1 heterocycles. The summed E-state index contributed by atoms with van der Waals surface area (Å²) in [6.45, 7) is 0.820. The molecular weight excluding hydrogens is 250 g/mol. The van der Waals surface area contributed by atoms with Crippen molar-refractivity contribution >= 4 is 0 Å². The lowest BCUT2D eigenvalue weighted by molar-refractivity contribution is 0.415. The summed E-state index contributed by atoms with van der Waals surface area (Å²) < 4.78 is 5.17. The first-order chi connectivity index (χ1) is 9.85. The van der Waals surface area contributed by atoms with Gasteiger partial charge in [0.15, 0.2) is 0 Å². The van der Waals surface area contributed by atoms with Crippen LogP contribution in [0, 0.1) is 0 Å². The van der Waals surface area contributed by atoms with Crippen LogP contribution < -0.4 is 10.1 Å². The van der Waals surface area contributed by atoms with E-state index >= 15 is 0 Å². The average molecular weight is 271 g/mol. The minimum Gasteiger partial charge on any atom is -0.497 e. The Kier molecular flexibility index (Phi) is 4.02. The maximum absolute atomic E-state index is 5.17. The van der Waals surface area contributed by atoms with Crippen molar-refractivity contribution in [3.63, 3.8) is 0 Å². The zero-order valence-electron chi connectivity index (χ0n) is 11.9. The van der Waals surface area contributed by atoms with Crippen LogP contribution in [-0.2, 0) is 6.54 Å². The van der Waals surface area contributed by atoms with E-state index in [9.17, 15) is 0 Å². The highest BCUT2D eigenvalue weighted by molar-refractivity contribution is 5.59. The van der Waals surface area contributed by atoms with E-state index in [2.05, 4.69) is 15.3 Å². The Balaban J connectivity index is 1.62. The van der Waals surface area contributed by atoms with Gasteiger partial charge < -0.3 is 15.0 Å². The van der Waals surface area contributed by atoms with Gasteiger partial charge in [-0.1, -0.05) is 12.8 Å². The van der Waals surface area contributed by atoms with Crippen LogP contribution in [0.25, 0.3) is 11.3 Å². The summed E-state index contributed by atoms with van der Waals surface area (Å²) >= 11 is 0. The summed E-state index contributed by atoms with van der Waals surface area (Å²) in [4.78, 5) is 7.82. The molecule has 1 fully saturated rings. The first-order valence-corrected chi connectivity index (χ1v) is 7.27. The normalized spacial score (nSPS) is 15.7. The zero-order valence-corrected chi connectivity index (χ0v) is 11.9. The van der Waals surface area contributed by atoms with Crippen LogP contribution >= 0.6 is 0 Å². The Labute approximate surface area is 119 Å². The van der Waals surface area contributed by atoms with Crippen LogP contribution in [-0.4, -0.2) is 23.1 Å². The molecule has 0 bridgehead atoms. The Hall–Kier alpha value is -1.81.